The number of carboxylic acids is 1. The molecule has 0 saturated carbocycles. The van der Waals surface area contributed by atoms with Gasteiger partial charge >= 0.3 is 12.0 Å². The van der Waals surface area contributed by atoms with E-state index in [4.69, 9.17) is 5.11 Å². The van der Waals surface area contributed by atoms with Crippen molar-refractivity contribution in [1.29, 1.82) is 0 Å². The van der Waals surface area contributed by atoms with Crippen LogP contribution in [0.25, 0.3) is 0 Å². The minimum Gasteiger partial charge on any atom is -0.478 e. The van der Waals surface area contributed by atoms with Gasteiger partial charge in [-0.1, -0.05) is 0 Å². The second-order valence-electron chi connectivity index (χ2n) is 3.37. The van der Waals surface area contributed by atoms with Crippen LogP contribution in [0.4, 0.5) is 14.9 Å². The van der Waals surface area contributed by atoms with E-state index in [1.54, 1.807) is 11.8 Å². The zero-order chi connectivity index (χ0) is 13.5. The summed E-state index contributed by atoms with van der Waals surface area (Å²) in [7, 11) is 0. The van der Waals surface area contributed by atoms with Crippen LogP contribution in [0.3, 0.4) is 0 Å². The molecular formula is C11H13FN2O3S. The van der Waals surface area contributed by atoms with Gasteiger partial charge in [0.15, 0.2) is 0 Å². The molecule has 18 heavy (non-hydrogen) atoms. The first kappa shape index (κ1) is 14.3. The number of anilines is 1. The van der Waals surface area contributed by atoms with Crippen LogP contribution in [0.2, 0.25) is 0 Å². The van der Waals surface area contributed by atoms with Crippen molar-refractivity contribution in [3.05, 3.63) is 29.6 Å². The van der Waals surface area contributed by atoms with Gasteiger partial charge in [-0.05, 0) is 24.5 Å². The fraction of sp³-hybridized carbons (Fsp3) is 0.273. The van der Waals surface area contributed by atoms with Crippen LogP contribution in [-0.4, -0.2) is 35.7 Å². The molecule has 0 aliphatic rings. The van der Waals surface area contributed by atoms with Crippen LogP contribution in [0.1, 0.15) is 10.4 Å². The topological polar surface area (TPSA) is 78.4 Å². The van der Waals surface area contributed by atoms with E-state index in [1.165, 1.54) is 6.07 Å². The smallest absolute Gasteiger partial charge is 0.338 e. The lowest BCUT2D eigenvalue weighted by molar-refractivity contribution is 0.0692. The average molecular weight is 272 g/mol. The summed E-state index contributed by atoms with van der Waals surface area (Å²) in [5.74, 6) is -1.44. The number of carboxylic acid groups (broad SMARTS) is 1. The number of carbonyl (C=O) groups is 2. The molecule has 5 nitrogen and oxygen atoms in total. The summed E-state index contributed by atoms with van der Waals surface area (Å²) in [4.78, 5) is 22.1. The standard InChI is InChI=1S/C11H13FN2O3S/c1-18-5-4-13-11(17)14-7-2-3-9(12)8(6-7)10(15)16/h2-3,6H,4-5H2,1H3,(H,15,16)(H2,13,14,17). The molecule has 0 spiro atoms. The van der Waals surface area contributed by atoms with Crippen molar-refractivity contribution in [1.82, 2.24) is 5.32 Å². The van der Waals surface area contributed by atoms with Gasteiger partial charge in [0.25, 0.3) is 0 Å². The number of benzene rings is 1. The number of hydrogen-bond donors (Lipinski definition) is 3. The molecule has 0 atom stereocenters. The molecule has 2 amide bonds. The van der Waals surface area contributed by atoms with Gasteiger partial charge in [0.2, 0.25) is 0 Å². The molecule has 0 aliphatic carbocycles. The van der Waals surface area contributed by atoms with Gasteiger partial charge in [0.1, 0.15) is 5.82 Å². The van der Waals surface area contributed by atoms with Gasteiger partial charge in [-0.2, -0.15) is 11.8 Å². The molecule has 0 heterocycles. The number of nitrogens with one attached hydrogen (secondary N) is 2. The SMILES string of the molecule is CSCCNC(=O)Nc1ccc(F)c(C(=O)O)c1. The lowest BCUT2D eigenvalue weighted by Gasteiger charge is -2.08. The molecule has 0 saturated heterocycles. The Morgan fingerprint density at radius 2 is 2.17 bits per heavy atom. The van der Waals surface area contributed by atoms with Crippen molar-refractivity contribution in [2.24, 2.45) is 0 Å². The van der Waals surface area contributed by atoms with Crippen molar-refractivity contribution in [2.45, 2.75) is 0 Å². The van der Waals surface area contributed by atoms with Crippen LogP contribution in [0, 0.1) is 5.82 Å². The Labute approximate surface area is 108 Å². The maximum absolute atomic E-state index is 13.1. The Kier molecular flexibility index (Phi) is 5.44. The lowest BCUT2D eigenvalue weighted by atomic mass is 10.2. The van der Waals surface area contributed by atoms with Crippen molar-refractivity contribution in [2.75, 3.05) is 23.9 Å². The zero-order valence-corrected chi connectivity index (χ0v) is 10.5. The predicted molar refractivity (Wildman–Crippen MR) is 68.8 cm³/mol. The maximum Gasteiger partial charge on any atom is 0.338 e. The summed E-state index contributed by atoms with van der Waals surface area (Å²) in [5, 5.41) is 13.7. The first-order valence-electron chi connectivity index (χ1n) is 5.11. The number of carbonyl (C=O) groups excluding carboxylic acids is 1. The van der Waals surface area contributed by atoms with E-state index in [9.17, 15) is 14.0 Å². The Bertz CT molecular complexity index is 454. The van der Waals surface area contributed by atoms with E-state index in [2.05, 4.69) is 10.6 Å². The third-order valence-electron chi connectivity index (χ3n) is 2.05. The summed E-state index contributed by atoms with van der Waals surface area (Å²) in [6.07, 6.45) is 1.92. The van der Waals surface area contributed by atoms with Crippen LogP contribution >= 0.6 is 11.8 Å². The number of thioether (sulfide) groups is 1. The largest absolute Gasteiger partial charge is 0.478 e. The summed E-state index contributed by atoms with van der Waals surface area (Å²) < 4.78 is 13.1. The molecule has 0 bridgehead atoms. The summed E-state index contributed by atoms with van der Waals surface area (Å²) in [6.45, 7) is 0.500. The number of amides is 2. The zero-order valence-electron chi connectivity index (χ0n) is 9.70. The number of urea groups is 1. The van der Waals surface area contributed by atoms with E-state index in [0.717, 1.165) is 17.9 Å². The Balaban J connectivity index is 2.65. The van der Waals surface area contributed by atoms with E-state index in [1.807, 2.05) is 6.26 Å². The third kappa shape index (κ3) is 4.25. The molecular weight excluding hydrogens is 259 g/mol. The monoisotopic (exact) mass is 272 g/mol. The first-order valence-corrected chi connectivity index (χ1v) is 6.50. The molecule has 3 N–H and O–H groups in total. The highest BCUT2D eigenvalue weighted by atomic mass is 32.2. The van der Waals surface area contributed by atoms with Crippen molar-refractivity contribution in [3.8, 4) is 0 Å². The highest BCUT2D eigenvalue weighted by molar-refractivity contribution is 7.98. The van der Waals surface area contributed by atoms with E-state index in [-0.39, 0.29) is 5.69 Å². The molecule has 0 aromatic heterocycles. The second-order valence-corrected chi connectivity index (χ2v) is 4.36. The fourth-order valence-corrected chi connectivity index (χ4v) is 1.52. The van der Waals surface area contributed by atoms with E-state index >= 15 is 0 Å². The molecule has 98 valence electrons. The number of hydrogen-bond acceptors (Lipinski definition) is 3. The first-order chi connectivity index (χ1) is 8.54. The molecule has 0 aliphatic heterocycles. The van der Waals surface area contributed by atoms with E-state index in [0.29, 0.717) is 6.54 Å². The van der Waals surface area contributed by atoms with Crippen LogP contribution < -0.4 is 10.6 Å². The lowest BCUT2D eigenvalue weighted by Crippen LogP contribution is -2.30. The summed E-state index contributed by atoms with van der Waals surface area (Å²) in [5.41, 5.74) is -0.243. The quantitative estimate of drug-likeness (QED) is 0.716. The van der Waals surface area contributed by atoms with Crippen molar-refractivity contribution in [3.63, 3.8) is 0 Å². The fourth-order valence-electron chi connectivity index (χ4n) is 1.21. The Morgan fingerprint density at radius 1 is 1.44 bits per heavy atom. The molecule has 1 aromatic carbocycles. The summed E-state index contributed by atoms with van der Waals surface area (Å²) in [6, 6.07) is 2.93. The van der Waals surface area contributed by atoms with Gasteiger partial charge in [-0.15, -0.1) is 0 Å². The minimum atomic E-state index is -1.38. The molecule has 7 heteroatoms. The highest BCUT2D eigenvalue weighted by Gasteiger charge is 2.11. The Morgan fingerprint density at radius 3 is 2.78 bits per heavy atom. The Hall–Kier alpha value is -1.76. The van der Waals surface area contributed by atoms with Crippen molar-refractivity contribution < 1.29 is 19.1 Å². The minimum absolute atomic E-state index is 0.232. The normalized spacial score (nSPS) is 9.89. The van der Waals surface area contributed by atoms with Gasteiger partial charge in [-0.3, -0.25) is 0 Å². The van der Waals surface area contributed by atoms with Crippen LogP contribution in [0.15, 0.2) is 18.2 Å². The second kappa shape index (κ2) is 6.85. The van der Waals surface area contributed by atoms with Crippen molar-refractivity contribution >= 4 is 29.4 Å². The predicted octanol–water partition coefficient (Wildman–Crippen LogP) is 2.01. The molecule has 0 unspecified atom stereocenters. The summed E-state index contributed by atoms with van der Waals surface area (Å²) >= 11 is 1.59. The maximum atomic E-state index is 13.1. The molecule has 1 rings (SSSR count). The molecule has 0 fully saturated rings. The highest BCUT2D eigenvalue weighted by Crippen LogP contribution is 2.14. The number of rotatable bonds is 5. The van der Waals surface area contributed by atoms with Gasteiger partial charge in [0, 0.05) is 18.0 Å². The van der Waals surface area contributed by atoms with Gasteiger partial charge < -0.3 is 15.7 Å². The van der Waals surface area contributed by atoms with E-state index < -0.39 is 23.4 Å². The van der Waals surface area contributed by atoms with Gasteiger partial charge in [0.05, 0.1) is 5.56 Å². The third-order valence-corrected chi connectivity index (χ3v) is 2.66. The van der Waals surface area contributed by atoms with Crippen LogP contribution in [-0.2, 0) is 0 Å². The number of halogens is 1. The number of aromatic carboxylic acids is 1. The molecule has 0 radical (unpaired) electrons. The van der Waals surface area contributed by atoms with Gasteiger partial charge in [-0.25, -0.2) is 14.0 Å². The average Bonchev–Trinajstić information content (AvgIpc) is 2.31. The molecule has 1 aromatic rings. The van der Waals surface area contributed by atoms with Crippen LogP contribution in [0.5, 0.6) is 0 Å².